The maximum Gasteiger partial charge on any atom is 0.255 e. The number of hydrogen-bond donors (Lipinski definition) is 2. The third kappa shape index (κ3) is 6.29. The summed E-state index contributed by atoms with van der Waals surface area (Å²) < 4.78 is 0. The van der Waals surface area contributed by atoms with Crippen LogP contribution in [0, 0.1) is 0 Å². The molecule has 0 spiro atoms. The van der Waals surface area contributed by atoms with E-state index in [1.807, 2.05) is 36.4 Å². The molecule has 0 saturated heterocycles. The number of thioether (sulfide) groups is 1. The molecule has 2 amide bonds. The van der Waals surface area contributed by atoms with Gasteiger partial charge in [-0.1, -0.05) is 51.1 Å². The number of carbonyl (C=O) groups excluding carboxylic acids is 2. The van der Waals surface area contributed by atoms with Gasteiger partial charge in [-0.25, -0.2) is 0 Å². The minimum Gasteiger partial charge on any atom is -0.324 e. The molecule has 0 bridgehead atoms. The van der Waals surface area contributed by atoms with Gasteiger partial charge < -0.3 is 10.6 Å². The average Bonchev–Trinajstić information content (AvgIpc) is 2.63. The highest BCUT2D eigenvalue weighted by molar-refractivity contribution is 8.00. The Morgan fingerprint density at radius 2 is 1.59 bits per heavy atom. The van der Waals surface area contributed by atoms with Crippen molar-refractivity contribution in [2.45, 2.75) is 26.2 Å². The lowest BCUT2D eigenvalue weighted by Gasteiger charge is -2.19. The Bertz CT molecular complexity index is 808. The Morgan fingerprint density at radius 3 is 2.15 bits per heavy atom. The first-order chi connectivity index (χ1) is 12.8. The molecule has 0 radical (unpaired) electrons. The number of para-hydroxylation sites is 2. The van der Waals surface area contributed by atoms with E-state index in [0.29, 0.717) is 22.7 Å². The van der Waals surface area contributed by atoms with Gasteiger partial charge in [-0.3, -0.25) is 9.59 Å². The Morgan fingerprint density at radius 1 is 1.00 bits per heavy atom. The number of hydrogen-bond acceptors (Lipinski definition) is 3. The lowest BCUT2D eigenvalue weighted by Crippen LogP contribution is -2.18. The van der Waals surface area contributed by atoms with E-state index in [-0.39, 0.29) is 17.2 Å². The van der Waals surface area contributed by atoms with Crippen LogP contribution in [0.15, 0.2) is 61.2 Å². The van der Waals surface area contributed by atoms with Crippen LogP contribution in [0.2, 0.25) is 0 Å². The van der Waals surface area contributed by atoms with E-state index < -0.39 is 0 Å². The average molecular weight is 383 g/mol. The van der Waals surface area contributed by atoms with Crippen molar-refractivity contribution in [3.8, 4) is 0 Å². The molecule has 2 rings (SSSR count). The summed E-state index contributed by atoms with van der Waals surface area (Å²) in [4.78, 5) is 24.6. The SMILES string of the molecule is C=CCSCC(=O)Nc1ccccc1NC(=O)c1ccc(C(C)(C)C)cc1. The maximum atomic E-state index is 12.6. The third-order valence-electron chi connectivity index (χ3n) is 3.93. The smallest absolute Gasteiger partial charge is 0.255 e. The molecule has 0 heterocycles. The highest BCUT2D eigenvalue weighted by Crippen LogP contribution is 2.24. The summed E-state index contributed by atoms with van der Waals surface area (Å²) in [6.45, 7) is 10.0. The Balaban J connectivity index is 2.07. The summed E-state index contributed by atoms with van der Waals surface area (Å²) in [6.07, 6.45) is 1.76. The molecule has 27 heavy (non-hydrogen) atoms. The summed E-state index contributed by atoms with van der Waals surface area (Å²) in [5.74, 6) is 0.732. The molecule has 2 aromatic rings. The molecule has 0 aliphatic heterocycles. The lowest BCUT2D eigenvalue weighted by atomic mass is 9.87. The van der Waals surface area contributed by atoms with Crippen molar-refractivity contribution in [3.63, 3.8) is 0 Å². The Hall–Kier alpha value is -2.53. The van der Waals surface area contributed by atoms with Gasteiger partial charge in [0.05, 0.1) is 17.1 Å². The zero-order valence-corrected chi connectivity index (χ0v) is 16.9. The standard InChI is InChI=1S/C22H26N2O2S/c1-5-14-27-15-20(25)23-18-8-6-7-9-19(18)24-21(26)16-10-12-17(13-11-16)22(2,3)4/h5-13H,1,14-15H2,2-4H3,(H,23,25)(H,24,26). The third-order valence-corrected chi connectivity index (χ3v) is 4.87. The molecule has 142 valence electrons. The number of benzene rings is 2. The number of rotatable bonds is 7. The van der Waals surface area contributed by atoms with Crippen LogP contribution in [0.5, 0.6) is 0 Å². The highest BCUT2D eigenvalue weighted by Gasteiger charge is 2.15. The zero-order valence-electron chi connectivity index (χ0n) is 16.0. The molecule has 0 fully saturated rings. The normalized spacial score (nSPS) is 10.9. The number of carbonyl (C=O) groups is 2. The van der Waals surface area contributed by atoms with Crippen molar-refractivity contribution < 1.29 is 9.59 Å². The fraction of sp³-hybridized carbons (Fsp3) is 0.273. The van der Waals surface area contributed by atoms with Crippen molar-refractivity contribution in [2.75, 3.05) is 22.1 Å². The summed E-state index contributed by atoms with van der Waals surface area (Å²) in [6, 6.07) is 14.8. The van der Waals surface area contributed by atoms with Gasteiger partial charge in [-0.05, 0) is 35.2 Å². The van der Waals surface area contributed by atoms with Gasteiger partial charge in [0.25, 0.3) is 5.91 Å². The fourth-order valence-corrected chi connectivity index (χ4v) is 2.98. The summed E-state index contributed by atoms with van der Waals surface area (Å²) in [5, 5.41) is 5.73. The molecule has 5 heteroatoms. The predicted molar refractivity (Wildman–Crippen MR) is 116 cm³/mol. The minimum absolute atomic E-state index is 0.0372. The van der Waals surface area contributed by atoms with Crippen LogP contribution in [0.25, 0.3) is 0 Å². The Kier molecular flexibility index (Phi) is 7.25. The molecular weight excluding hydrogens is 356 g/mol. The molecule has 0 aliphatic carbocycles. The van der Waals surface area contributed by atoms with Crippen molar-refractivity contribution in [2.24, 2.45) is 0 Å². The van der Waals surface area contributed by atoms with E-state index >= 15 is 0 Å². The molecule has 0 saturated carbocycles. The number of nitrogens with one attached hydrogen (secondary N) is 2. The van der Waals surface area contributed by atoms with E-state index in [4.69, 9.17) is 0 Å². The van der Waals surface area contributed by atoms with E-state index in [1.165, 1.54) is 17.3 Å². The molecule has 0 aliphatic rings. The molecule has 4 nitrogen and oxygen atoms in total. The first kappa shape index (κ1) is 20.8. The predicted octanol–water partition coefficient (Wildman–Crippen LogP) is 5.09. The number of anilines is 2. The molecule has 2 aromatic carbocycles. The van der Waals surface area contributed by atoms with Crippen LogP contribution < -0.4 is 10.6 Å². The summed E-state index contributed by atoms with van der Waals surface area (Å²) >= 11 is 1.48. The van der Waals surface area contributed by atoms with Gasteiger partial charge >= 0.3 is 0 Å². The van der Waals surface area contributed by atoms with Crippen LogP contribution >= 0.6 is 11.8 Å². The van der Waals surface area contributed by atoms with Crippen LogP contribution in [-0.2, 0) is 10.2 Å². The second kappa shape index (κ2) is 9.42. The molecule has 2 N–H and O–H groups in total. The summed E-state index contributed by atoms with van der Waals surface area (Å²) in [7, 11) is 0. The van der Waals surface area contributed by atoms with E-state index in [0.717, 1.165) is 5.75 Å². The van der Waals surface area contributed by atoms with Crippen molar-refractivity contribution in [1.29, 1.82) is 0 Å². The fourth-order valence-electron chi connectivity index (χ4n) is 2.44. The van der Waals surface area contributed by atoms with E-state index in [1.54, 1.807) is 18.2 Å². The molecule has 0 atom stereocenters. The quantitative estimate of drug-likeness (QED) is 0.518. The van der Waals surface area contributed by atoms with Crippen LogP contribution in [0.1, 0.15) is 36.7 Å². The van der Waals surface area contributed by atoms with Gasteiger partial charge in [0.2, 0.25) is 5.91 Å². The monoisotopic (exact) mass is 382 g/mol. The van der Waals surface area contributed by atoms with Crippen molar-refractivity contribution >= 4 is 35.0 Å². The second-order valence-electron chi connectivity index (χ2n) is 7.18. The zero-order chi connectivity index (χ0) is 19.9. The topological polar surface area (TPSA) is 58.2 Å². The Labute approximate surface area is 165 Å². The van der Waals surface area contributed by atoms with Crippen LogP contribution in [0.4, 0.5) is 11.4 Å². The lowest BCUT2D eigenvalue weighted by molar-refractivity contribution is -0.113. The first-order valence-corrected chi connectivity index (χ1v) is 9.96. The van der Waals surface area contributed by atoms with Gasteiger partial charge in [0.1, 0.15) is 0 Å². The second-order valence-corrected chi connectivity index (χ2v) is 8.21. The summed E-state index contributed by atoms with van der Waals surface area (Å²) in [5.41, 5.74) is 2.94. The van der Waals surface area contributed by atoms with Crippen molar-refractivity contribution in [3.05, 3.63) is 72.3 Å². The van der Waals surface area contributed by atoms with Crippen LogP contribution in [0.3, 0.4) is 0 Å². The molecular formula is C22H26N2O2S. The maximum absolute atomic E-state index is 12.6. The van der Waals surface area contributed by atoms with E-state index in [9.17, 15) is 9.59 Å². The van der Waals surface area contributed by atoms with Gasteiger partial charge in [0.15, 0.2) is 0 Å². The van der Waals surface area contributed by atoms with Gasteiger partial charge in [0, 0.05) is 11.3 Å². The van der Waals surface area contributed by atoms with Gasteiger partial charge in [-0.2, -0.15) is 0 Å². The van der Waals surface area contributed by atoms with Crippen LogP contribution in [-0.4, -0.2) is 23.3 Å². The minimum atomic E-state index is -0.210. The first-order valence-electron chi connectivity index (χ1n) is 8.80. The largest absolute Gasteiger partial charge is 0.324 e. The molecule has 0 aromatic heterocycles. The van der Waals surface area contributed by atoms with E-state index in [2.05, 4.69) is 38.0 Å². The molecule has 0 unspecified atom stereocenters. The van der Waals surface area contributed by atoms with Gasteiger partial charge in [-0.15, -0.1) is 18.3 Å². The van der Waals surface area contributed by atoms with Crippen molar-refractivity contribution in [1.82, 2.24) is 0 Å². The number of amides is 2. The highest BCUT2D eigenvalue weighted by atomic mass is 32.2.